The summed E-state index contributed by atoms with van der Waals surface area (Å²) in [5.41, 5.74) is -0.571. The highest BCUT2D eigenvalue weighted by Gasteiger charge is 2.39. The molecule has 1 aromatic rings. The Labute approximate surface area is 158 Å². The van der Waals surface area contributed by atoms with Gasteiger partial charge in [0.05, 0.1) is 10.8 Å². The van der Waals surface area contributed by atoms with Gasteiger partial charge in [0.25, 0.3) is 0 Å². The quantitative estimate of drug-likeness (QED) is 0.731. The summed E-state index contributed by atoms with van der Waals surface area (Å²) in [6.45, 7) is 7.82. The Bertz CT molecular complexity index is 957. The first-order valence-electron chi connectivity index (χ1n) is 7.85. The molecule has 0 spiro atoms. The first-order valence-corrected chi connectivity index (χ1v) is 11.2. The SMILES string of the molecule is CC(C)C(=O)ON(C(=O)O)S(=O)(=O)c1cccc(C(C)(C)C)c1S(C)(=O)=O. The van der Waals surface area contributed by atoms with E-state index in [9.17, 15) is 31.5 Å². The van der Waals surface area contributed by atoms with E-state index in [-0.39, 0.29) is 5.56 Å². The molecular formula is C16H23NO8S2. The standard InChI is InChI=1S/C16H23NO8S2/c1-10(2)14(18)25-17(15(19)20)27(23,24)12-9-7-8-11(16(3,4)5)13(12)26(6,21)22/h7-10H,1-6H3,(H,19,20). The topological polar surface area (TPSA) is 135 Å². The van der Waals surface area contributed by atoms with Crippen LogP contribution in [-0.4, -0.2) is 44.7 Å². The Morgan fingerprint density at radius 2 is 1.63 bits per heavy atom. The first kappa shape index (κ1) is 22.9. The number of sulfonamides is 1. The summed E-state index contributed by atoms with van der Waals surface area (Å²) in [5, 5.41) is 9.24. The van der Waals surface area contributed by atoms with E-state index < -0.39 is 57.5 Å². The molecule has 1 aromatic carbocycles. The van der Waals surface area contributed by atoms with Crippen molar-refractivity contribution in [1.29, 1.82) is 0 Å². The van der Waals surface area contributed by atoms with Crippen LogP contribution in [-0.2, 0) is 34.9 Å². The minimum Gasteiger partial charge on any atom is -0.462 e. The van der Waals surface area contributed by atoms with Crippen LogP contribution in [0.5, 0.6) is 0 Å². The van der Waals surface area contributed by atoms with Crippen LogP contribution in [0.15, 0.2) is 28.0 Å². The third-order valence-corrected chi connectivity index (χ3v) is 6.33. The van der Waals surface area contributed by atoms with Crippen LogP contribution in [0.25, 0.3) is 0 Å². The van der Waals surface area contributed by atoms with E-state index in [4.69, 9.17) is 0 Å². The van der Waals surface area contributed by atoms with Crippen LogP contribution in [0.3, 0.4) is 0 Å². The molecule has 1 amide bonds. The number of nitrogens with zero attached hydrogens (tertiary/aromatic N) is 1. The van der Waals surface area contributed by atoms with Gasteiger partial charge >= 0.3 is 22.1 Å². The number of hydroxylamine groups is 1. The predicted molar refractivity (Wildman–Crippen MR) is 96.2 cm³/mol. The largest absolute Gasteiger partial charge is 0.462 e. The Morgan fingerprint density at radius 1 is 1.11 bits per heavy atom. The van der Waals surface area contributed by atoms with Gasteiger partial charge in [0.15, 0.2) is 9.84 Å². The zero-order chi connectivity index (χ0) is 21.4. The molecule has 0 aliphatic heterocycles. The number of hydrogen-bond donors (Lipinski definition) is 1. The van der Waals surface area contributed by atoms with Gasteiger partial charge in [0.2, 0.25) is 0 Å². The van der Waals surface area contributed by atoms with Crippen molar-refractivity contribution in [2.45, 2.75) is 49.8 Å². The molecular weight excluding hydrogens is 398 g/mol. The summed E-state index contributed by atoms with van der Waals surface area (Å²) in [6, 6.07) is 3.70. The van der Waals surface area contributed by atoms with E-state index in [0.717, 1.165) is 12.3 Å². The Balaban J connectivity index is 3.81. The zero-order valence-electron chi connectivity index (χ0n) is 15.9. The van der Waals surface area contributed by atoms with Gasteiger partial charge in [-0.15, -0.1) is 0 Å². The van der Waals surface area contributed by atoms with Crippen LogP contribution in [0.2, 0.25) is 0 Å². The summed E-state index contributed by atoms with van der Waals surface area (Å²) in [7, 11) is -9.09. The zero-order valence-corrected chi connectivity index (χ0v) is 17.5. The maximum Gasteiger partial charge on any atom is 0.456 e. The Morgan fingerprint density at radius 3 is 2.00 bits per heavy atom. The molecule has 0 aromatic heterocycles. The van der Waals surface area contributed by atoms with Gasteiger partial charge in [-0.3, -0.25) is 0 Å². The average molecular weight is 421 g/mol. The van der Waals surface area contributed by atoms with Gasteiger partial charge < -0.3 is 9.94 Å². The summed E-state index contributed by atoms with van der Waals surface area (Å²) in [5.74, 6) is -1.91. The summed E-state index contributed by atoms with van der Waals surface area (Å²) < 4.78 is 50.0. The van der Waals surface area contributed by atoms with E-state index >= 15 is 0 Å². The third-order valence-electron chi connectivity index (χ3n) is 3.45. The number of carbonyl (C=O) groups is 2. The molecule has 27 heavy (non-hydrogen) atoms. The molecule has 11 heteroatoms. The molecule has 0 aliphatic carbocycles. The van der Waals surface area contributed by atoms with Crippen molar-refractivity contribution in [2.75, 3.05) is 6.26 Å². The number of carboxylic acid groups (broad SMARTS) is 1. The van der Waals surface area contributed by atoms with Gasteiger partial charge in [-0.05, 0) is 21.5 Å². The minimum atomic E-state index is -5.01. The van der Waals surface area contributed by atoms with Gasteiger partial charge in [-0.1, -0.05) is 46.8 Å². The van der Waals surface area contributed by atoms with Crippen LogP contribution in [0, 0.1) is 5.92 Å². The molecule has 0 atom stereocenters. The second-order valence-corrected chi connectivity index (χ2v) is 10.9. The molecule has 1 N–H and O–H groups in total. The van der Waals surface area contributed by atoms with Crippen molar-refractivity contribution in [3.05, 3.63) is 23.8 Å². The maximum absolute atomic E-state index is 12.9. The first-order chi connectivity index (χ1) is 12.0. The molecule has 152 valence electrons. The monoisotopic (exact) mass is 421 g/mol. The fourth-order valence-electron chi connectivity index (χ4n) is 2.16. The van der Waals surface area contributed by atoms with E-state index in [1.807, 2.05) is 0 Å². The lowest BCUT2D eigenvalue weighted by molar-refractivity contribution is -0.168. The number of sulfone groups is 1. The normalized spacial score (nSPS) is 12.7. The minimum absolute atomic E-state index is 0.187. The second-order valence-electron chi connectivity index (χ2n) is 7.23. The van der Waals surface area contributed by atoms with E-state index in [1.165, 1.54) is 26.0 Å². The molecule has 0 aliphatic rings. The smallest absolute Gasteiger partial charge is 0.456 e. The lowest BCUT2D eigenvalue weighted by atomic mass is 9.87. The molecule has 0 fully saturated rings. The molecule has 1 rings (SSSR count). The van der Waals surface area contributed by atoms with Crippen molar-refractivity contribution < 1.29 is 36.4 Å². The lowest BCUT2D eigenvalue weighted by Crippen LogP contribution is -2.39. The Kier molecular flexibility index (Phi) is 6.33. The fourth-order valence-corrected chi connectivity index (χ4v) is 5.29. The highest BCUT2D eigenvalue weighted by atomic mass is 32.2. The van der Waals surface area contributed by atoms with Gasteiger partial charge in [0.1, 0.15) is 4.90 Å². The molecule has 0 saturated heterocycles. The predicted octanol–water partition coefficient (Wildman–Crippen LogP) is 2.17. The van der Waals surface area contributed by atoms with Crippen molar-refractivity contribution >= 4 is 31.9 Å². The molecule has 0 radical (unpaired) electrons. The molecule has 0 unspecified atom stereocenters. The molecule has 0 saturated carbocycles. The van der Waals surface area contributed by atoms with Crippen LogP contribution in [0.1, 0.15) is 40.2 Å². The number of rotatable bonds is 4. The van der Waals surface area contributed by atoms with Crippen molar-refractivity contribution in [3.63, 3.8) is 0 Å². The van der Waals surface area contributed by atoms with Crippen LogP contribution >= 0.6 is 0 Å². The summed E-state index contributed by atoms with van der Waals surface area (Å²) in [6.07, 6.45) is -1.26. The number of benzene rings is 1. The highest BCUT2D eigenvalue weighted by Crippen LogP contribution is 2.34. The van der Waals surface area contributed by atoms with Gasteiger partial charge in [0, 0.05) is 6.26 Å². The summed E-state index contributed by atoms with van der Waals surface area (Å²) >= 11 is 0. The third kappa shape index (κ3) is 4.98. The molecule has 0 bridgehead atoms. The molecule has 0 heterocycles. The lowest BCUT2D eigenvalue weighted by Gasteiger charge is -2.25. The van der Waals surface area contributed by atoms with E-state index in [1.54, 1.807) is 20.8 Å². The van der Waals surface area contributed by atoms with E-state index in [2.05, 4.69) is 4.84 Å². The Hall–Kier alpha value is -2.14. The number of hydrogen-bond acceptors (Lipinski definition) is 7. The highest BCUT2D eigenvalue weighted by molar-refractivity contribution is 7.93. The summed E-state index contributed by atoms with van der Waals surface area (Å²) in [4.78, 5) is 26.4. The number of amides is 1. The maximum atomic E-state index is 12.9. The van der Waals surface area contributed by atoms with Crippen molar-refractivity contribution in [1.82, 2.24) is 4.47 Å². The van der Waals surface area contributed by atoms with E-state index in [0.29, 0.717) is 0 Å². The van der Waals surface area contributed by atoms with Crippen LogP contribution in [0.4, 0.5) is 4.79 Å². The van der Waals surface area contributed by atoms with Crippen molar-refractivity contribution in [3.8, 4) is 0 Å². The van der Waals surface area contributed by atoms with Gasteiger partial charge in [-0.25, -0.2) is 18.0 Å². The van der Waals surface area contributed by atoms with Gasteiger partial charge in [-0.2, -0.15) is 8.42 Å². The average Bonchev–Trinajstić information content (AvgIpc) is 2.49. The second kappa shape index (κ2) is 7.47. The van der Waals surface area contributed by atoms with Crippen molar-refractivity contribution in [2.24, 2.45) is 5.92 Å². The van der Waals surface area contributed by atoms with Crippen LogP contribution < -0.4 is 0 Å². The molecule has 9 nitrogen and oxygen atoms in total. The fraction of sp³-hybridized carbons (Fsp3) is 0.500. The number of carbonyl (C=O) groups excluding carboxylic acids is 1.